The highest BCUT2D eigenvalue weighted by atomic mass is 14.9. The maximum absolute atomic E-state index is 4.31. The first-order chi connectivity index (χ1) is 26.3. The molecule has 1 aromatic heterocycles. The molecule has 0 N–H and O–H groups in total. The van der Waals surface area contributed by atoms with Crippen LogP contribution in [0.3, 0.4) is 0 Å². The Hall–Kier alpha value is -6.70. The van der Waals surface area contributed by atoms with Crippen LogP contribution in [0.2, 0.25) is 0 Å². The number of nitrogens with zero attached hydrogens (tertiary/aromatic N) is 1. The Morgan fingerprint density at radius 2 is 0.660 bits per heavy atom. The minimum absolute atomic E-state index is 0.475. The van der Waals surface area contributed by atoms with Gasteiger partial charge in [-0.3, -0.25) is 0 Å². The molecule has 1 heterocycles. The fourth-order valence-corrected chi connectivity index (χ4v) is 10.1. The van der Waals surface area contributed by atoms with Gasteiger partial charge in [0.25, 0.3) is 0 Å². The highest BCUT2D eigenvalue weighted by molar-refractivity contribution is 6.10. The standard InChI is InChI=1S/C52H35N/c1-2-53-49-31-29-37(51(35-17-5-3-6-18-35)45-25-13-9-21-39(45)40-22-10-14-26-46(40)51)33-43(49)44-34-38(30-32-50(44)53)52(36-19-7-4-8-20-36)47-27-15-11-23-41(47)42-24-12-16-28-48(42)52/h2-34H,1H2. The Kier molecular flexibility index (Phi) is 6.31. The van der Waals surface area contributed by atoms with Crippen molar-refractivity contribution in [1.82, 2.24) is 4.57 Å². The van der Waals surface area contributed by atoms with Crippen LogP contribution in [-0.2, 0) is 10.8 Å². The van der Waals surface area contributed by atoms with E-state index >= 15 is 0 Å². The van der Waals surface area contributed by atoms with Gasteiger partial charge in [0, 0.05) is 17.0 Å². The van der Waals surface area contributed by atoms with Gasteiger partial charge in [-0.2, -0.15) is 0 Å². The van der Waals surface area contributed by atoms with Crippen LogP contribution in [0.1, 0.15) is 44.5 Å². The molecule has 9 aromatic rings. The van der Waals surface area contributed by atoms with Crippen LogP contribution in [0.15, 0.2) is 201 Å². The summed E-state index contributed by atoms with van der Waals surface area (Å²) in [6.45, 7) is 4.31. The predicted octanol–water partition coefficient (Wildman–Crippen LogP) is 12.6. The summed E-state index contributed by atoms with van der Waals surface area (Å²) < 4.78 is 2.26. The summed E-state index contributed by atoms with van der Waals surface area (Å²) in [5.74, 6) is 0. The third-order valence-corrected chi connectivity index (χ3v) is 12.2. The molecule has 248 valence electrons. The van der Waals surface area contributed by atoms with Crippen molar-refractivity contribution in [2.45, 2.75) is 10.8 Å². The minimum Gasteiger partial charge on any atom is -0.317 e. The molecule has 0 bridgehead atoms. The molecule has 1 heteroatoms. The topological polar surface area (TPSA) is 4.93 Å². The molecular weight excluding hydrogens is 639 g/mol. The van der Waals surface area contributed by atoms with Crippen molar-refractivity contribution < 1.29 is 0 Å². The van der Waals surface area contributed by atoms with Gasteiger partial charge in [0.1, 0.15) is 0 Å². The second-order valence-corrected chi connectivity index (χ2v) is 14.4. The first-order valence-corrected chi connectivity index (χ1v) is 18.5. The molecule has 0 spiro atoms. The molecule has 53 heavy (non-hydrogen) atoms. The van der Waals surface area contributed by atoms with E-state index < -0.39 is 10.8 Å². The summed E-state index contributed by atoms with van der Waals surface area (Å²) in [7, 11) is 0. The van der Waals surface area contributed by atoms with Crippen LogP contribution in [-0.4, -0.2) is 4.57 Å². The fraction of sp³-hybridized carbons (Fsp3) is 0.0385. The molecular formula is C52H35N. The third-order valence-electron chi connectivity index (χ3n) is 12.2. The van der Waals surface area contributed by atoms with Crippen LogP contribution in [0.4, 0.5) is 0 Å². The maximum Gasteiger partial charge on any atom is 0.0713 e. The smallest absolute Gasteiger partial charge is 0.0713 e. The average molecular weight is 674 g/mol. The number of hydrogen-bond acceptors (Lipinski definition) is 0. The molecule has 0 fully saturated rings. The van der Waals surface area contributed by atoms with Crippen molar-refractivity contribution in [2.24, 2.45) is 0 Å². The molecule has 2 aliphatic carbocycles. The molecule has 0 radical (unpaired) electrons. The van der Waals surface area contributed by atoms with Gasteiger partial charge < -0.3 is 4.57 Å². The van der Waals surface area contributed by atoms with Crippen molar-refractivity contribution >= 4 is 28.0 Å². The summed E-state index contributed by atoms with van der Waals surface area (Å²) in [5, 5.41) is 2.44. The Morgan fingerprint density at radius 1 is 0.340 bits per heavy atom. The number of hydrogen-bond donors (Lipinski definition) is 0. The highest BCUT2D eigenvalue weighted by Crippen LogP contribution is 2.58. The number of fused-ring (bicyclic) bond motifs is 9. The molecule has 8 aromatic carbocycles. The molecule has 0 saturated heterocycles. The highest BCUT2D eigenvalue weighted by Gasteiger charge is 2.47. The predicted molar refractivity (Wildman–Crippen MR) is 220 cm³/mol. The van der Waals surface area contributed by atoms with Crippen molar-refractivity contribution in [3.05, 3.63) is 245 Å². The van der Waals surface area contributed by atoms with E-state index in [1.807, 2.05) is 6.20 Å². The van der Waals surface area contributed by atoms with Gasteiger partial charge in [-0.1, -0.05) is 176 Å². The van der Waals surface area contributed by atoms with E-state index in [9.17, 15) is 0 Å². The molecule has 11 rings (SSSR count). The largest absolute Gasteiger partial charge is 0.317 e. The van der Waals surface area contributed by atoms with E-state index in [1.54, 1.807) is 0 Å². The van der Waals surface area contributed by atoms with Gasteiger partial charge in [-0.25, -0.2) is 0 Å². The van der Waals surface area contributed by atoms with Gasteiger partial charge in [0.2, 0.25) is 0 Å². The Morgan fingerprint density at radius 3 is 1.00 bits per heavy atom. The maximum atomic E-state index is 4.31. The van der Waals surface area contributed by atoms with Crippen molar-refractivity contribution in [3.63, 3.8) is 0 Å². The number of rotatable bonds is 5. The minimum atomic E-state index is -0.475. The Balaban J connectivity index is 1.24. The average Bonchev–Trinajstić information content (AvgIpc) is 3.83. The Bertz CT molecular complexity index is 2620. The lowest BCUT2D eigenvalue weighted by Gasteiger charge is -2.34. The summed E-state index contributed by atoms with van der Waals surface area (Å²) in [6.07, 6.45) is 1.96. The van der Waals surface area contributed by atoms with Crippen molar-refractivity contribution in [2.75, 3.05) is 0 Å². The second-order valence-electron chi connectivity index (χ2n) is 14.4. The van der Waals surface area contributed by atoms with Crippen molar-refractivity contribution in [3.8, 4) is 22.3 Å². The summed E-state index contributed by atoms with van der Waals surface area (Å²) in [6, 6.07) is 72.3. The van der Waals surface area contributed by atoms with E-state index in [0.29, 0.717) is 0 Å². The SMILES string of the molecule is C=Cn1c2ccc(C3(c4ccccc4)c4ccccc4-c4ccccc43)cc2c2cc(C3(c4ccccc4)c4ccccc4-c4ccccc43)ccc21. The molecule has 0 unspecified atom stereocenters. The van der Waals surface area contributed by atoms with Crippen molar-refractivity contribution in [1.29, 1.82) is 0 Å². The van der Waals surface area contributed by atoms with Gasteiger partial charge >= 0.3 is 0 Å². The van der Waals surface area contributed by atoms with Gasteiger partial charge in [0.05, 0.1) is 21.9 Å². The van der Waals surface area contributed by atoms with E-state index in [4.69, 9.17) is 0 Å². The number of aromatic nitrogens is 1. The first-order valence-electron chi connectivity index (χ1n) is 18.5. The van der Waals surface area contributed by atoms with Crippen LogP contribution >= 0.6 is 0 Å². The monoisotopic (exact) mass is 673 g/mol. The lowest BCUT2D eigenvalue weighted by molar-refractivity contribution is 0.769. The van der Waals surface area contributed by atoms with E-state index in [-0.39, 0.29) is 0 Å². The third kappa shape index (κ3) is 3.81. The molecule has 0 aliphatic heterocycles. The van der Waals surface area contributed by atoms with Gasteiger partial charge in [-0.15, -0.1) is 0 Å². The lowest BCUT2D eigenvalue weighted by atomic mass is 9.67. The van der Waals surface area contributed by atoms with E-state index in [0.717, 1.165) is 11.0 Å². The quantitative estimate of drug-likeness (QED) is 0.171. The summed E-state index contributed by atoms with van der Waals surface area (Å²) in [5.41, 5.74) is 16.9. The second kappa shape index (κ2) is 11.1. The molecule has 1 nitrogen and oxygen atoms in total. The summed E-state index contributed by atoms with van der Waals surface area (Å²) >= 11 is 0. The zero-order chi connectivity index (χ0) is 35.1. The summed E-state index contributed by atoms with van der Waals surface area (Å²) in [4.78, 5) is 0. The lowest BCUT2D eigenvalue weighted by Crippen LogP contribution is -2.28. The molecule has 2 aliphatic rings. The molecule has 0 amide bonds. The van der Waals surface area contributed by atoms with Crippen LogP contribution in [0.25, 0.3) is 50.3 Å². The number of benzene rings is 8. The zero-order valence-corrected chi connectivity index (χ0v) is 29.2. The molecule has 0 saturated carbocycles. The van der Waals surface area contributed by atoms with Crippen LogP contribution in [0, 0.1) is 0 Å². The van der Waals surface area contributed by atoms with Gasteiger partial charge in [0.15, 0.2) is 0 Å². The fourth-order valence-electron chi connectivity index (χ4n) is 10.1. The molecule has 0 atom stereocenters. The Labute approximate surface area is 309 Å². The zero-order valence-electron chi connectivity index (χ0n) is 29.2. The van der Waals surface area contributed by atoms with Gasteiger partial charge in [-0.05, 0) is 91.0 Å². The van der Waals surface area contributed by atoms with Crippen LogP contribution < -0.4 is 0 Å². The first kappa shape index (κ1) is 30.0. The van der Waals surface area contributed by atoms with E-state index in [2.05, 4.69) is 205 Å². The van der Waals surface area contributed by atoms with E-state index in [1.165, 1.54) is 77.5 Å². The van der Waals surface area contributed by atoms with Crippen LogP contribution in [0.5, 0.6) is 0 Å². The normalized spacial score (nSPS) is 14.4.